The first-order chi connectivity index (χ1) is 22.9. The third-order valence-electron chi connectivity index (χ3n) is 11.7. The molecule has 1 aliphatic heterocycles. The van der Waals surface area contributed by atoms with Gasteiger partial charge in [0.1, 0.15) is 28.8 Å². The van der Waals surface area contributed by atoms with Gasteiger partial charge in [0, 0.05) is 65.5 Å². The van der Waals surface area contributed by atoms with Crippen LogP contribution in [0, 0.1) is 16.9 Å². The molecule has 1 N–H and O–H groups in total. The first kappa shape index (κ1) is 36.5. The van der Waals surface area contributed by atoms with Crippen LogP contribution in [0.3, 0.4) is 0 Å². The third kappa shape index (κ3) is 6.28. The first-order valence-electron chi connectivity index (χ1n) is 17.5. The molecule has 0 bridgehead atoms. The summed E-state index contributed by atoms with van der Waals surface area (Å²) in [6, 6.07) is 26.4. The number of aliphatic hydroxyl groups excluding tert-OH is 1. The maximum Gasteiger partial charge on any atom is 0.164 e. The molecule has 2 atom stereocenters. The minimum Gasteiger partial charge on any atom is -0.512 e. The number of aliphatic hydroxyl groups is 1. The minimum absolute atomic E-state index is 0. The second-order valence-corrected chi connectivity index (χ2v) is 14.6. The number of ether oxygens (including phenoxy) is 1. The van der Waals surface area contributed by atoms with Gasteiger partial charge in [-0.3, -0.25) is 4.79 Å². The van der Waals surface area contributed by atoms with E-state index in [0.29, 0.717) is 5.92 Å². The van der Waals surface area contributed by atoms with Crippen LogP contribution in [0.1, 0.15) is 110 Å². The number of aromatic nitrogens is 1. The number of benzene rings is 3. The average Bonchev–Trinajstić information content (AvgIpc) is 3.75. The van der Waals surface area contributed by atoms with Gasteiger partial charge in [-0.15, -0.1) is 29.3 Å². The van der Waals surface area contributed by atoms with E-state index in [4.69, 9.17) is 14.1 Å². The van der Waals surface area contributed by atoms with Gasteiger partial charge in [0.05, 0.1) is 0 Å². The zero-order valence-corrected chi connectivity index (χ0v) is 32.3. The molecule has 0 fully saturated rings. The standard InChI is InChI=1S/C28H20NO2.C15H28O2.Ir/c1-28(2)21-12-11-16(13-19(21)27-26(28)18-8-4-6-10-24(18)31-27)22-14-25-20(15-29-22)17-7-3-5-9-23(17)30-25;1-7-14(5,8-2)12(16)11-13(17)15(6,9-3)10-4;/h3-10,12-15,26-27H,1-2H3;11,16H,7-10H2,1-6H3;/q-1;;/b;12-11-;. The van der Waals surface area contributed by atoms with E-state index >= 15 is 0 Å². The van der Waals surface area contributed by atoms with Crippen molar-refractivity contribution in [3.8, 4) is 17.0 Å². The van der Waals surface area contributed by atoms with Gasteiger partial charge < -0.3 is 19.2 Å². The number of nitrogens with zero attached hydrogens (tertiary/aromatic N) is 1. The van der Waals surface area contributed by atoms with Gasteiger partial charge in [0.2, 0.25) is 0 Å². The van der Waals surface area contributed by atoms with Crippen molar-refractivity contribution in [2.24, 2.45) is 10.8 Å². The van der Waals surface area contributed by atoms with E-state index in [1.165, 1.54) is 22.8 Å². The van der Waals surface area contributed by atoms with Crippen LogP contribution in [-0.4, -0.2) is 15.9 Å². The van der Waals surface area contributed by atoms with Gasteiger partial charge in [-0.05, 0) is 55.0 Å². The molecule has 6 heteroatoms. The Hall–Kier alpha value is -3.73. The van der Waals surface area contributed by atoms with Crippen molar-refractivity contribution in [1.29, 1.82) is 0 Å². The number of hydrogen-bond acceptors (Lipinski definition) is 5. The van der Waals surface area contributed by atoms with Gasteiger partial charge in [0.25, 0.3) is 0 Å². The number of para-hydroxylation sites is 2. The summed E-state index contributed by atoms with van der Waals surface area (Å²) in [4.78, 5) is 16.9. The Kier molecular flexibility index (Phi) is 10.4. The fourth-order valence-electron chi connectivity index (χ4n) is 7.29. The van der Waals surface area contributed by atoms with Crippen LogP contribution >= 0.6 is 0 Å². The van der Waals surface area contributed by atoms with E-state index in [2.05, 4.69) is 56.3 Å². The minimum atomic E-state index is -0.337. The van der Waals surface area contributed by atoms with Crippen molar-refractivity contribution in [3.05, 3.63) is 108 Å². The monoisotopic (exact) mass is 835 g/mol. The van der Waals surface area contributed by atoms with E-state index in [-0.39, 0.29) is 54.0 Å². The maximum atomic E-state index is 12.2. The molecule has 2 unspecified atom stereocenters. The molecule has 0 spiro atoms. The molecule has 259 valence electrons. The molecule has 5 nitrogen and oxygen atoms in total. The van der Waals surface area contributed by atoms with E-state index in [9.17, 15) is 9.90 Å². The third-order valence-corrected chi connectivity index (χ3v) is 11.7. The second kappa shape index (κ2) is 13.9. The Morgan fingerprint density at radius 1 is 0.898 bits per heavy atom. The van der Waals surface area contributed by atoms with Crippen LogP contribution in [0.15, 0.2) is 89.2 Å². The number of carbonyl (C=O) groups is 1. The number of hydrogen-bond donors (Lipinski definition) is 1. The van der Waals surface area contributed by atoms with Crippen molar-refractivity contribution < 1.29 is 39.2 Å². The number of carbonyl (C=O) groups excluding carboxylic acids is 1. The van der Waals surface area contributed by atoms with Gasteiger partial charge >= 0.3 is 0 Å². The summed E-state index contributed by atoms with van der Waals surface area (Å²) in [5, 5.41) is 12.3. The number of fused-ring (bicyclic) bond motifs is 8. The predicted molar refractivity (Wildman–Crippen MR) is 194 cm³/mol. The Bertz CT molecular complexity index is 2010. The summed E-state index contributed by atoms with van der Waals surface area (Å²) in [6.45, 7) is 16.7. The van der Waals surface area contributed by atoms with E-state index in [0.717, 1.165) is 64.6 Å². The van der Waals surface area contributed by atoms with Crippen molar-refractivity contribution >= 4 is 27.7 Å². The molecule has 49 heavy (non-hydrogen) atoms. The predicted octanol–water partition coefficient (Wildman–Crippen LogP) is 11.6. The summed E-state index contributed by atoms with van der Waals surface area (Å²) < 4.78 is 12.5. The van der Waals surface area contributed by atoms with Gasteiger partial charge in [-0.25, -0.2) is 0 Å². The molecule has 2 aromatic heterocycles. The summed E-state index contributed by atoms with van der Waals surface area (Å²) in [5.41, 5.74) is 6.81. The zero-order chi connectivity index (χ0) is 34.4. The van der Waals surface area contributed by atoms with Crippen molar-refractivity contribution in [2.45, 2.75) is 98.5 Å². The summed E-state index contributed by atoms with van der Waals surface area (Å²) >= 11 is 0. The van der Waals surface area contributed by atoms with Crippen LogP contribution in [0.4, 0.5) is 0 Å². The molecule has 2 aliphatic rings. The van der Waals surface area contributed by atoms with Crippen LogP contribution in [-0.2, 0) is 30.3 Å². The molecule has 1 radical (unpaired) electrons. The van der Waals surface area contributed by atoms with Crippen molar-refractivity contribution in [3.63, 3.8) is 0 Å². The molecule has 0 saturated carbocycles. The number of pyridine rings is 1. The molecule has 0 amide bonds. The maximum absolute atomic E-state index is 12.2. The van der Waals surface area contributed by atoms with Crippen LogP contribution in [0.25, 0.3) is 33.2 Å². The summed E-state index contributed by atoms with van der Waals surface area (Å²) in [5.74, 6) is 1.61. The Labute approximate surface area is 304 Å². The van der Waals surface area contributed by atoms with Gasteiger partial charge in [-0.2, -0.15) is 0 Å². The van der Waals surface area contributed by atoms with Crippen molar-refractivity contribution in [1.82, 2.24) is 4.98 Å². The van der Waals surface area contributed by atoms with Crippen LogP contribution in [0.5, 0.6) is 5.75 Å². The first-order valence-corrected chi connectivity index (χ1v) is 17.5. The average molecular weight is 835 g/mol. The topological polar surface area (TPSA) is 72.6 Å². The molecule has 3 heterocycles. The van der Waals surface area contributed by atoms with E-state index in [1.807, 2.05) is 78.1 Å². The Morgan fingerprint density at radius 2 is 1.55 bits per heavy atom. The zero-order valence-electron chi connectivity index (χ0n) is 29.9. The number of allylic oxidation sites excluding steroid dienone is 2. The molecule has 0 saturated heterocycles. The molecule has 5 aromatic rings. The fourth-order valence-corrected chi connectivity index (χ4v) is 7.29. The fraction of sp³-hybridized carbons (Fsp3) is 0.395. The molecular weight excluding hydrogens is 787 g/mol. The summed E-state index contributed by atoms with van der Waals surface area (Å²) in [7, 11) is 0. The van der Waals surface area contributed by atoms with E-state index in [1.54, 1.807) is 0 Å². The Morgan fingerprint density at radius 3 is 2.24 bits per heavy atom. The number of furan rings is 1. The smallest absolute Gasteiger partial charge is 0.164 e. The summed E-state index contributed by atoms with van der Waals surface area (Å²) in [6.07, 6.45) is 6.70. The normalized spacial score (nSPS) is 17.8. The number of ketones is 1. The van der Waals surface area contributed by atoms with Crippen LogP contribution < -0.4 is 4.74 Å². The second-order valence-electron chi connectivity index (χ2n) is 14.6. The Balaban J connectivity index is 0.000000226. The number of rotatable bonds is 8. The molecular formula is C43H48IrNO4-. The molecule has 3 aromatic carbocycles. The van der Waals surface area contributed by atoms with Gasteiger partial charge in [-0.1, -0.05) is 97.4 Å². The molecule has 1 aliphatic carbocycles. The van der Waals surface area contributed by atoms with Crippen molar-refractivity contribution in [2.75, 3.05) is 0 Å². The van der Waals surface area contributed by atoms with E-state index < -0.39 is 0 Å². The SMILES string of the molecule is CC1(C)c2c[c-]c(-c3cc4oc5ccccc5c4cn3)cc2C2Oc3ccccc3C21.CCC(C)(CC)C(=O)/C=C(\O)C(C)(CC)CC.[Ir]. The van der Waals surface area contributed by atoms with Gasteiger partial charge in [0.15, 0.2) is 5.78 Å². The molecule has 7 rings (SSSR count). The quantitative estimate of drug-likeness (QED) is 0.0958. The largest absolute Gasteiger partial charge is 0.512 e. The van der Waals surface area contributed by atoms with Crippen LogP contribution in [0.2, 0.25) is 0 Å².